The van der Waals surface area contributed by atoms with Gasteiger partial charge < -0.3 is 0 Å². The van der Waals surface area contributed by atoms with E-state index in [9.17, 15) is 10.5 Å². The molecule has 0 N–H and O–H groups in total. The lowest BCUT2D eigenvalue weighted by atomic mass is 9.93. The maximum absolute atomic E-state index is 9.32. The molecule has 9 aromatic rings. The van der Waals surface area contributed by atoms with Gasteiger partial charge in [0, 0.05) is 5.56 Å². The van der Waals surface area contributed by atoms with Crippen molar-refractivity contribution in [2.75, 3.05) is 0 Å². The number of thiazole rings is 1. The Kier molecular flexibility index (Phi) is 8.48. The van der Waals surface area contributed by atoms with E-state index in [0.717, 1.165) is 82.1 Å². The van der Waals surface area contributed by atoms with Gasteiger partial charge in [-0.2, -0.15) is 10.5 Å². The van der Waals surface area contributed by atoms with E-state index in [4.69, 9.17) is 4.98 Å². The molecule has 0 bridgehead atoms. The van der Waals surface area contributed by atoms with E-state index in [1.807, 2.05) is 36.4 Å². The second-order valence-corrected chi connectivity index (χ2v) is 21.3. The molecule has 3 nitrogen and oxygen atoms in total. The highest BCUT2D eigenvalue weighted by Gasteiger charge is 2.18. The van der Waals surface area contributed by atoms with Crippen LogP contribution >= 0.6 is 11.3 Å². The van der Waals surface area contributed by atoms with Crippen LogP contribution in [-0.2, 0) is 0 Å². The first-order chi connectivity index (χ1) is 26.7. The van der Waals surface area contributed by atoms with Crippen LogP contribution in [0.25, 0.3) is 86.8 Å². The van der Waals surface area contributed by atoms with Gasteiger partial charge in [0.1, 0.15) is 5.01 Å². The van der Waals surface area contributed by atoms with Crippen LogP contribution in [0.4, 0.5) is 0 Å². The van der Waals surface area contributed by atoms with Crippen LogP contribution in [0.3, 0.4) is 0 Å². The molecule has 1 heterocycles. The highest BCUT2D eigenvalue weighted by Crippen LogP contribution is 2.38. The minimum atomic E-state index is -1.47. The molecule has 0 saturated carbocycles. The van der Waals surface area contributed by atoms with Gasteiger partial charge in [-0.1, -0.05) is 116 Å². The summed E-state index contributed by atoms with van der Waals surface area (Å²) in [6, 6.07) is 60.3. The number of aromatic nitrogens is 1. The topological polar surface area (TPSA) is 60.5 Å². The van der Waals surface area contributed by atoms with Crippen LogP contribution in [-0.4, -0.2) is 13.1 Å². The number of hydrogen-bond acceptors (Lipinski definition) is 4. The van der Waals surface area contributed by atoms with E-state index in [1.54, 1.807) is 11.3 Å². The Morgan fingerprint density at radius 3 is 1.31 bits per heavy atom. The van der Waals surface area contributed by atoms with Crippen LogP contribution < -0.4 is 5.19 Å². The minimum absolute atomic E-state index is 0.672. The smallest absolute Gasteiger partial charge is 0.124 e. The molecule has 8 aromatic carbocycles. The largest absolute Gasteiger partial charge is 0.236 e. The van der Waals surface area contributed by atoms with E-state index in [2.05, 4.69) is 153 Å². The molecule has 0 radical (unpaired) electrons. The van der Waals surface area contributed by atoms with Crippen LogP contribution in [0.15, 0.2) is 158 Å². The molecule has 5 heteroatoms. The predicted octanol–water partition coefficient (Wildman–Crippen LogP) is 13.2. The summed E-state index contributed by atoms with van der Waals surface area (Å²) >= 11 is 1.77. The van der Waals surface area contributed by atoms with E-state index < -0.39 is 8.07 Å². The lowest BCUT2D eigenvalue weighted by molar-refractivity contribution is 1.47. The first kappa shape index (κ1) is 34.2. The van der Waals surface area contributed by atoms with Crippen molar-refractivity contribution in [3.05, 3.63) is 169 Å². The van der Waals surface area contributed by atoms with Crippen molar-refractivity contribution < 1.29 is 0 Å². The van der Waals surface area contributed by atoms with Gasteiger partial charge in [-0.05, 0) is 133 Å². The number of fused-ring (bicyclic) bond motifs is 3. The van der Waals surface area contributed by atoms with Crippen LogP contribution in [0.1, 0.15) is 11.1 Å². The number of hydrogen-bond donors (Lipinski definition) is 0. The summed E-state index contributed by atoms with van der Waals surface area (Å²) in [4.78, 5) is 5.15. The zero-order valence-corrected chi connectivity index (χ0v) is 32.6. The standard InChI is InChI=1S/C50H35N3SSi/c1-55(2,3)47-20-21-48-49(29-47)54-50(53-48)46-27-44(36-12-8-34(9-13-36)40-18-16-38-22-32(30-51)4-6-42(38)24-40)26-45(28-46)37-14-10-35(11-15-37)41-19-17-39-23-33(31-52)5-7-43(39)25-41/h4-29H,1-3H3. The Balaban J connectivity index is 1.10. The van der Waals surface area contributed by atoms with Gasteiger partial charge in [0.05, 0.1) is 41.6 Å². The van der Waals surface area contributed by atoms with Crippen LogP contribution in [0, 0.1) is 22.7 Å². The van der Waals surface area contributed by atoms with E-state index >= 15 is 0 Å². The Morgan fingerprint density at radius 2 is 0.836 bits per heavy atom. The van der Waals surface area contributed by atoms with Gasteiger partial charge in [0.25, 0.3) is 0 Å². The maximum Gasteiger partial charge on any atom is 0.124 e. The second-order valence-electron chi connectivity index (χ2n) is 15.2. The van der Waals surface area contributed by atoms with E-state index in [0.29, 0.717) is 11.1 Å². The lowest BCUT2D eigenvalue weighted by Crippen LogP contribution is -2.37. The van der Waals surface area contributed by atoms with Gasteiger partial charge in [-0.25, -0.2) is 4.98 Å². The first-order valence-electron chi connectivity index (χ1n) is 18.4. The molecule has 0 amide bonds. The summed E-state index contributed by atoms with van der Waals surface area (Å²) < 4.78 is 1.23. The monoisotopic (exact) mass is 737 g/mol. The van der Waals surface area contributed by atoms with Gasteiger partial charge in [0.15, 0.2) is 0 Å². The van der Waals surface area contributed by atoms with Crippen molar-refractivity contribution in [1.29, 1.82) is 10.5 Å². The summed E-state index contributed by atoms with van der Waals surface area (Å²) in [6.07, 6.45) is 0. The third-order valence-electron chi connectivity index (χ3n) is 10.5. The fraction of sp³-hybridized carbons (Fsp3) is 0.0600. The normalized spacial score (nSPS) is 11.5. The van der Waals surface area contributed by atoms with Crippen molar-refractivity contribution in [1.82, 2.24) is 4.98 Å². The Hall–Kier alpha value is -6.63. The highest BCUT2D eigenvalue weighted by atomic mass is 32.1. The Bertz CT molecular complexity index is 2870. The SMILES string of the molecule is C[Si](C)(C)c1ccc2nc(-c3cc(-c4ccc(-c5ccc6cc(C#N)ccc6c5)cc4)cc(-c4ccc(-c5ccc6cc(C#N)ccc6c5)cc4)c3)sc2c1. The Morgan fingerprint density at radius 1 is 0.418 bits per heavy atom. The first-order valence-corrected chi connectivity index (χ1v) is 22.7. The number of nitrogens with zero attached hydrogens (tertiary/aromatic N) is 3. The average Bonchev–Trinajstić information content (AvgIpc) is 3.67. The fourth-order valence-corrected chi connectivity index (χ4v) is 9.56. The predicted molar refractivity (Wildman–Crippen MR) is 234 cm³/mol. The molecule has 0 aliphatic heterocycles. The summed E-state index contributed by atoms with van der Waals surface area (Å²) in [6.45, 7) is 7.16. The molecule has 9 rings (SSSR count). The molecule has 0 fully saturated rings. The van der Waals surface area contributed by atoms with Gasteiger partial charge in [0.2, 0.25) is 0 Å². The fourth-order valence-electron chi connectivity index (χ4n) is 7.30. The summed E-state index contributed by atoms with van der Waals surface area (Å²) in [5.74, 6) is 0. The molecule has 260 valence electrons. The molecule has 55 heavy (non-hydrogen) atoms. The summed E-state index contributed by atoms with van der Waals surface area (Å²) in [5.41, 5.74) is 12.6. The molecule has 0 atom stereocenters. The lowest BCUT2D eigenvalue weighted by Gasteiger charge is -2.15. The van der Waals surface area contributed by atoms with Crippen LogP contribution in [0.2, 0.25) is 19.6 Å². The molecule has 1 aromatic heterocycles. The van der Waals surface area contributed by atoms with Crippen molar-refractivity contribution >= 4 is 56.4 Å². The van der Waals surface area contributed by atoms with E-state index in [-0.39, 0.29) is 0 Å². The third-order valence-corrected chi connectivity index (χ3v) is 13.6. The summed E-state index contributed by atoms with van der Waals surface area (Å²) in [7, 11) is -1.47. The molecular weight excluding hydrogens is 703 g/mol. The van der Waals surface area contributed by atoms with Crippen molar-refractivity contribution in [3.8, 4) is 67.2 Å². The molecule has 0 unspecified atom stereocenters. The Labute approximate surface area is 326 Å². The van der Waals surface area contributed by atoms with Crippen molar-refractivity contribution in [3.63, 3.8) is 0 Å². The number of nitriles is 2. The van der Waals surface area contributed by atoms with Crippen LogP contribution in [0.5, 0.6) is 0 Å². The maximum atomic E-state index is 9.32. The minimum Gasteiger partial charge on any atom is -0.236 e. The number of benzene rings is 8. The zero-order valence-electron chi connectivity index (χ0n) is 30.8. The summed E-state index contributed by atoms with van der Waals surface area (Å²) in [5, 5.41) is 25.5. The van der Waals surface area contributed by atoms with Crippen molar-refractivity contribution in [2.24, 2.45) is 0 Å². The number of rotatable bonds is 6. The molecule has 0 aliphatic carbocycles. The van der Waals surface area contributed by atoms with Gasteiger partial charge >= 0.3 is 0 Å². The zero-order chi connectivity index (χ0) is 37.7. The second kappa shape index (κ2) is 13.7. The van der Waals surface area contributed by atoms with Gasteiger partial charge in [-0.15, -0.1) is 11.3 Å². The quantitative estimate of drug-likeness (QED) is 0.160. The molecule has 0 saturated heterocycles. The third kappa shape index (κ3) is 6.73. The molecular formula is C50H35N3SSi. The van der Waals surface area contributed by atoms with Gasteiger partial charge in [-0.3, -0.25) is 0 Å². The van der Waals surface area contributed by atoms with E-state index in [1.165, 1.54) is 9.89 Å². The van der Waals surface area contributed by atoms with Crippen molar-refractivity contribution in [2.45, 2.75) is 19.6 Å². The molecule has 0 aliphatic rings. The highest BCUT2D eigenvalue weighted by molar-refractivity contribution is 7.21. The molecule has 0 spiro atoms. The average molecular weight is 738 g/mol.